The normalized spacial score (nSPS) is 14.7. The maximum absolute atomic E-state index is 4.81. The summed E-state index contributed by atoms with van der Waals surface area (Å²) in [6, 6.07) is 5.21. The summed E-state index contributed by atoms with van der Waals surface area (Å²) in [7, 11) is 0. The lowest BCUT2D eigenvalue weighted by Gasteiger charge is -2.13. The van der Waals surface area contributed by atoms with Crippen LogP contribution in [0, 0.1) is 34.6 Å². The highest BCUT2D eigenvalue weighted by Gasteiger charge is 2.22. The van der Waals surface area contributed by atoms with E-state index in [1.165, 1.54) is 46.5 Å². The molecule has 0 atom stereocenters. The van der Waals surface area contributed by atoms with Crippen LogP contribution in [0.15, 0.2) is 12.1 Å². The van der Waals surface area contributed by atoms with Crippen LogP contribution in [0.25, 0.3) is 5.69 Å². The Hall–Kier alpha value is -1.61. The molecule has 0 unspecified atom stereocenters. The fourth-order valence-electron chi connectivity index (χ4n) is 3.19. The number of benzene rings is 1. The standard InChI is InChI=1S/C18H25N3/c1-11-8-12(2)18(13(3)9-11)21-15(5)17(14(4)20-21)10-19-16-6-7-16/h8-9,16,19H,6-7,10H2,1-5H3. The molecular weight excluding hydrogens is 258 g/mol. The SMILES string of the molecule is Cc1cc(C)c(-n2nc(C)c(CNC3CC3)c2C)c(C)c1. The third-order valence-corrected chi connectivity index (χ3v) is 4.43. The van der Waals surface area contributed by atoms with Crippen LogP contribution in [0.1, 0.15) is 46.5 Å². The Morgan fingerprint density at radius 3 is 2.29 bits per heavy atom. The smallest absolute Gasteiger partial charge is 0.0707 e. The molecule has 1 saturated carbocycles. The van der Waals surface area contributed by atoms with Crippen molar-refractivity contribution in [1.82, 2.24) is 15.1 Å². The molecule has 1 aliphatic carbocycles. The topological polar surface area (TPSA) is 29.9 Å². The second kappa shape index (κ2) is 5.30. The molecule has 0 bridgehead atoms. The zero-order valence-corrected chi connectivity index (χ0v) is 13.7. The molecule has 0 amide bonds. The first-order chi connectivity index (χ1) is 9.97. The van der Waals surface area contributed by atoms with E-state index in [0.717, 1.165) is 18.3 Å². The molecule has 21 heavy (non-hydrogen) atoms. The van der Waals surface area contributed by atoms with Gasteiger partial charge in [0.15, 0.2) is 0 Å². The number of rotatable bonds is 4. The second-order valence-corrected chi connectivity index (χ2v) is 6.46. The number of aromatic nitrogens is 2. The Morgan fingerprint density at radius 1 is 1.10 bits per heavy atom. The first-order valence-electron chi connectivity index (χ1n) is 7.84. The van der Waals surface area contributed by atoms with Gasteiger partial charge in [-0.2, -0.15) is 5.10 Å². The van der Waals surface area contributed by atoms with Gasteiger partial charge in [0.2, 0.25) is 0 Å². The lowest BCUT2D eigenvalue weighted by Crippen LogP contribution is -2.16. The van der Waals surface area contributed by atoms with Gasteiger partial charge in [0.25, 0.3) is 0 Å². The van der Waals surface area contributed by atoms with Gasteiger partial charge >= 0.3 is 0 Å². The number of nitrogens with one attached hydrogen (secondary N) is 1. The van der Waals surface area contributed by atoms with Crippen molar-refractivity contribution in [2.75, 3.05) is 0 Å². The van der Waals surface area contributed by atoms with E-state index >= 15 is 0 Å². The van der Waals surface area contributed by atoms with E-state index in [0.29, 0.717) is 0 Å². The summed E-state index contributed by atoms with van der Waals surface area (Å²) in [5, 5.41) is 8.41. The molecule has 1 aliphatic rings. The Kier molecular flexibility index (Phi) is 3.62. The first kappa shape index (κ1) is 14.3. The molecule has 3 rings (SSSR count). The van der Waals surface area contributed by atoms with Crippen LogP contribution >= 0.6 is 0 Å². The molecule has 0 spiro atoms. The van der Waals surface area contributed by atoms with Gasteiger partial charge in [0, 0.05) is 23.8 Å². The molecule has 1 aromatic heterocycles. The number of hydrogen-bond donors (Lipinski definition) is 1. The second-order valence-electron chi connectivity index (χ2n) is 6.46. The minimum atomic E-state index is 0.731. The molecule has 0 radical (unpaired) electrons. The summed E-state index contributed by atoms with van der Waals surface area (Å²) >= 11 is 0. The van der Waals surface area contributed by atoms with Crippen molar-refractivity contribution in [1.29, 1.82) is 0 Å². The predicted molar refractivity (Wildman–Crippen MR) is 87.1 cm³/mol. The molecule has 0 saturated heterocycles. The van der Waals surface area contributed by atoms with Gasteiger partial charge in [0.05, 0.1) is 11.4 Å². The van der Waals surface area contributed by atoms with Crippen molar-refractivity contribution in [3.05, 3.63) is 45.8 Å². The monoisotopic (exact) mass is 283 g/mol. The van der Waals surface area contributed by atoms with Crippen LogP contribution in [0.4, 0.5) is 0 Å². The van der Waals surface area contributed by atoms with E-state index in [9.17, 15) is 0 Å². The van der Waals surface area contributed by atoms with Gasteiger partial charge < -0.3 is 5.32 Å². The molecule has 112 valence electrons. The number of aryl methyl sites for hydroxylation is 4. The molecule has 1 heterocycles. The minimum absolute atomic E-state index is 0.731. The Balaban J connectivity index is 2.01. The fourth-order valence-corrected chi connectivity index (χ4v) is 3.19. The van der Waals surface area contributed by atoms with Crippen LogP contribution in [0.5, 0.6) is 0 Å². The number of nitrogens with zero attached hydrogens (tertiary/aromatic N) is 2. The van der Waals surface area contributed by atoms with Crippen LogP contribution < -0.4 is 5.32 Å². The maximum atomic E-state index is 4.81. The van der Waals surface area contributed by atoms with Gasteiger partial charge in [-0.05, 0) is 58.6 Å². The highest BCUT2D eigenvalue weighted by Crippen LogP contribution is 2.26. The summed E-state index contributed by atoms with van der Waals surface area (Å²) < 4.78 is 2.13. The van der Waals surface area contributed by atoms with Crippen molar-refractivity contribution in [2.45, 2.75) is 60.0 Å². The predicted octanol–water partition coefficient (Wildman–Crippen LogP) is 3.67. The highest BCUT2D eigenvalue weighted by atomic mass is 15.3. The molecule has 3 heteroatoms. The zero-order valence-electron chi connectivity index (χ0n) is 13.7. The molecule has 2 aromatic rings. The average Bonchev–Trinajstić information content (AvgIpc) is 3.16. The van der Waals surface area contributed by atoms with E-state index in [-0.39, 0.29) is 0 Å². The largest absolute Gasteiger partial charge is 0.310 e. The van der Waals surface area contributed by atoms with E-state index in [1.807, 2.05) is 0 Å². The van der Waals surface area contributed by atoms with Crippen LogP contribution in [0.3, 0.4) is 0 Å². The van der Waals surface area contributed by atoms with E-state index in [1.54, 1.807) is 0 Å². The first-order valence-corrected chi connectivity index (χ1v) is 7.84. The van der Waals surface area contributed by atoms with Crippen molar-refractivity contribution in [3.8, 4) is 5.69 Å². The third kappa shape index (κ3) is 2.75. The van der Waals surface area contributed by atoms with Crippen molar-refractivity contribution >= 4 is 0 Å². The lowest BCUT2D eigenvalue weighted by atomic mass is 10.0. The molecular formula is C18H25N3. The highest BCUT2D eigenvalue weighted by molar-refractivity contribution is 5.50. The summed E-state index contributed by atoms with van der Waals surface area (Å²) in [6.45, 7) is 11.7. The Labute approximate surface area is 127 Å². The molecule has 3 nitrogen and oxygen atoms in total. The van der Waals surface area contributed by atoms with E-state index < -0.39 is 0 Å². The van der Waals surface area contributed by atoms with Crippen LogP contribution in [-0.2, 0) is 6.54 Å². The minimum Gasteiger partial charge on any atom is -0.310 e. The molecule has 1 N–H and O–H groups in total. The summed E-state index contributed by atoms with van der Waals surface area (Å²) in [4.78, 5) is 0. The fraction of sp³-hybridized carbons (Fsp3) is 0.500. The Bertz CT molecular complexity index is 655. The summed E-state index contributed by atoms with van der Waals surface area (Å²) in [6.07, 6.45) is 2.64. The summed E-state index contributed by atoms with van der Waals surface area (Å²) in [5.41, 5.74) is 8.88. The summed E-state index contributed by atoms with van der Waals surface area (Å²) in [5.74, 6) is 0. The lowest BCUT2D eigenvalue weighted by molar-refractivity contribution is 0.682. The van der Waals surface area contributed by atoms with Crippen molar-refractivity contribution < 1.29 is 0 Å². The molecule has 1 aromatic carbocycles. The van der Waals surface area contributed by atoms with E-state index in [4.69, 9.17) is 5.10 Å². The van der Waals surface area contributed by atoms with Crippen LogP contribution in [0.2, 0.25) is 0 Å². The van der Waals surface area contributed by atoms with Gasteiger partial charge in [-0.3, -0.25) is 0 Å². The average molecular weight is 283 g/mol. The van der Waals surface area contributed by atoms with Gasteiger partial charge in [-0.15, -0.1) is 0 Å². The van der Waals surface area contributed by atoms with Gasteiger partial charge in [-0.25, -0.2) is 4.68 Å². The van der Waals surface area contributed by atoms with Gasteiger partial charge in [0.1, 0.15) is 0 Å². The molecule has 0 aliphatic heterocycles. The zero-order chi connectivity index (χ0) is 15.1. The third-order valence-electron chi connectivity index (χ3n) is 4.43. The Morgan fingerprint density at radius 2 is 1.71 bits per heavy atom. The number of hydrogen-bond acceptors (Lipinski definition) is 2. The quantitative estimate of drug-likeness (QED) is 0.928. The molecule has 1 fully saturated rings. The van der Waals surface area contributed by atoms with Crippen molar-refractivity contribution in [3.63, 3.8) is 0 Å². The van der Waals surface area contributed by atoms with E-state index in [2.05, 4.69) is 56.8 Å². The van der Waals surface area contributed by atoms with Gasteiger partial charge in [-0.1, -0.05) is 17.7 Å². The van der Waals surface area contributed by atoms with Crippen molar-refractivity contribution in [2.24, 2.45) is 0 Å². The maximum Gasteiger partial charge on any atom is 0.0707 e. The van der Waals surface area contributed by atoms with Crippen LogP contribution in [-0.4, -0.2) is 15.8 Å².